The van der Waals surface area contributed by atoms with Gasteiger partial charge in [0, 0.05) is 12.1 Å². The molecule has 1 aliphatic rings. The molecule has 1 heterocycles. The van der Waals surface area contributed by atoms with Crippen molar-refractivity contribution in [3.05, 3.63) is 0 Å². The standard InChI is InChI=1S/C12H26N2O/c1-4-9-14(10(2)11(3)15)12-5-7-13-8-6-12/h10-13,15H,4-9H2,1-3H3. The molecule has 1 aliphatic heterocycles. The lowest BCUT2D eigenvalue weighted by Crippen LogP contribution is -2.50. The van der Waals surface area contributed by atoms with Crippen LogP contribution in [0.5, 0.6) is 0 Å². The lowest BCUT2D eigenvalue weighted by Gasteiger charge is -2.39. The fraction of sp³-hybridized carbons (Fsp3) is 1.00. The van der Waals surface area contributed by atoms with Crippen LogP contribution in [0, 0.1) is 0 Å². The zero-order chi connectivity index (χ0) is 11.3. The van der Waals surface area contributed by atoms with Gasteiger partial charge in [-0.3, -0.25) is 4.90 Å². The molecule has 1 fully saturated rings. The van der Waals surface area contributed by atoms with E-state index in [4.69, 9.17) is 0 Å². The Hall–Kier alpha value is -0.120. The fourth-order valence-corrected chi connectivity index (χ4v) is 2.39. The van der Waals surface area contributed by atoms with Crippen molar-refractivity contribution in [3.63, 3.8) is 0 Å². The van der Waals surface area contributed by atoms with E-state index in [0.29, 0.717) is 6.04 Å². The number of nitrogens with one attached hydrogen (secondary N) is 1. The number of hydrogen-bond acceptors (Lipinski definition) is 3. The van der Waals surface area contributed by atoms with Gasteiger partial charge < -0.3 is 10.4 Å². The van der Waals surface area contributed by atoms with Gasteiger partial charge in [0.1, 0.15) is 0 Å². The Morgan fingerprint density at radius 2 is 1.93 bits per heavy atom. The second-order valence-corrected chi connectivity index (χ2v) is 4.70. The summed E-state index contributed by atoms with van der Waals surface area (Å²) in [7, 11) is 0. The second kappa shape index (κ2) is 6.46. The number of hydrogen-bond donors (Lipinski definition) is 2. The molecule has 2 N–H and O–H groups in total. The highest BCUT2D eigenvalue weighted by Gasteiger charge is 2.26. The first-order chi connectivity index (χ1) is 7.16. The van der Waals surface area contributed by atoms with Crippen molar-refractivity contribution in [2.75, 3.05) is 19.6 Å². The van der Waals surface area contributed by atoms with Crippen molar-refractivity contribution < 1.29 is 5.11 Å². The SMILES string of the molecule is CCCN(C1CCNCC1)C(C)C(C)O. The van der Waals surface area contributed by atoms with Crippen LogP contribution in [0.2, 0.25) is 0 Å². The van der Waals surface area contributed by atoms with Crippen molar-refractivity contribution in [1.82, 2.24) is 10.2 Å². The van der Waals surface area contributed by atoms with Crippen molar-refractivity contribution in [1.29, 1.82) is 0 Å². The van der Waals surface area contributed by atoms with Crippen LogP contribution in [0.1, 0.15) is 40.0 Å². The average Bonchev–Trinajstić information content (AvgIpc) is 2.26. The summed E-state index contributed by atoms with van der Waals surface area (Å²) in [5, 5.41) is 13.1. The molecule has 2 atom stereocenters. The molecule has 0 aromatic carbocycles. The van der Waals surface area contributed by atoms with Crippen LogP contribution < -0.4 is 5.32 Å². The number of piperidine rings is 1. The van der Waals surface area contributed by atoms with Gasteiger partial charge in [0.25, 0.3) is 0 Å². The normalized spacial score (nSPS) is 23.0. The van der Waals surface area contributed by atoms with Crippen LogP contribution in [0.25, 0.3) is 0 Å². The molecule has 1 saturated heterocycles. The lowest BCUT2D eigenvalue weighted by atomic mass is 10.0. The first-order valence-corrected chi connectivity index (χ1v) is 6.31. The van der Waals surface area contributed by atoms with Crippen LogP contribution in [0.15, 0.2) is 0 Å². The molecule has 1 rings (SSSR count). The van der Waals surface area contributed by atoms with Crippen LogP contribution in [0.4, 0.5) is 0 Å². The molecular weight excluding hydrogens is 188 g/mol. The molecule has 0 bridgehead atoms. The van der Waals surface area contributed by atoms with Crippen LogP contribution in [0.3, 0.4) is 0 Å². The molecule has 3 nitrogen and oxygen atoms in total. The van der Waals surface area contributed by atoms with E-state index in [1.54, 1.807) is 0 Å². The van der Waals surface area contributed by atoms with Gasteiger partial charge in [-0.2, -0.15) is 0 Å². The van der Waals surface area contributed by atoms with Gasteiger partial charge in [-0.05, 0) is 52.7 Å². The average molecular weight is 214 g/mol. The minimum absolute atomic E-state index is 0.230. The zero-order valence-electron chi connectivity index (χ0n) is 10.4. The van der Waals surface area contributed by atoms with E-state index >= 15 is 0 Å². The van der Waals surface area contributed by atoms with Gasteiger partial charge in [-0.25, -0.2) is 0 Å². The van der Waals surface area contributed by atoms with E-state index in [0.717, 1.165) is 19.6 Å². The maximum atomic E-state index is 9.69. The van der Waals surface area contributed by atoms with E-state index in [-0.39, 0.29) is 12.1 Å². The van der Waals surface area contributed by atoms with Gasteiger partial charge in [0.05, 0.1) is 6.10 Å². The van der Waals surface area contributed by atoms with E-state index in [1.165, 1.54) is 19.3 Å². The smallest absolute Gasteiger partial charge is 0.0664 e. The summed E-state index contributed by atoms with van der Waals surface area (Å²) in [6, 6.07) is 0.948. The van der Waals surface area contributed by atoms with Gasteiger partial charge in [0.2, 0.25) is 0 Å². The Labute approximate surface area is 93.9 Å². The van der Waals surface area contributed by atoms with E-state index in [9.17, 15) is 5.11 Å². The zero-order valence-corrected chi connectivity index (χ0v) is 10.4. The largest absolute Gasteiger partial charge is 0.392 e. The van der Waals surface area contributed by atoms with Gasteiger partial charge in [0.15, 0.2) is 0 Å². The van der Waals surface area contributed by atoms with Crippen molar-refractivity contribution in [2.45, 2.75) is 58.2 Å². The monoisotopic (exact) mass is 214 g/mol. The summed E-state index contributed by atoms with van der Waals surface area (Å²) in [6.45, 7) is 9.60. The molecule has 3 heteroatoms. The third-order valence-corrected chi connectivity index (χ3v) is 3.48. The predicted molar refractivity (Wildman–Crippen MR) is 64.0 cm³/mol. The van der Waals surface area contributed by atoms with E-state index < -0.39 is 0 Å². The highest BCUT2D eigenvalue weighted by Crippen LogP contribution is 2.17. The molecule has 0 amide bonds. The predicted octanol–water partition coefficient (Wildman–Crippen LogP) is 1.22. The maximum Gasteiger partial charge on any atom is 0.0664 e. The highest BCUT2D eigenvalue weighted by molar-refractivity contribution is 4.83. The minimum Gasteiger partial charge on any atom is -0.392 e. The minimum atomic E-state index is -0.230. The van der Waals surface area contributed by atoms with Crippen molar-refractivity contribution in [2.24, 2.45) is 0 Å². The lowest BCUT2D eigenvalue weighted by molar-refractivity contribution is 0.0331. The third-order valence-electron chi connectivity index (χ3n) is 3.48. The molecule has 0 radical (unpaired) electrons. The molecule has 90 valence electrons. The van der Waals surface area contributed by atoms with Gasteiger partial charge in [-0.15, -0.1) is 0 Å². The Morgan fingerprint density at radius 3 is 2.40 bits per heavy atom. The third kappa shape index (κ3) is 3.74. The first-order valence-electron chi connectivity index (χ1n) is 6.31. The Balaban J connectivity index is 2.54. The number of aliphatic hydroxyl groups is 1. The fourth-order valence-electron chi connectivity index (χ4n) is 2.39. The summed E-state index contributed by atoms with van der Waals surface area (Å²) >= 11 is 0. The molecular formula is C12H26N2O. The topological polar surface area (TPSA) is 35.5 Å². The Bertz CT molecular complexity index is 167. The summed E-state index contributed by atoms with van der Waals surface area (Å²) in [5.41, 5.74) is 0. The molecule has 0 spiro atoms. The van der Waals surface area contributed by atoms with E-state index in [1.807, 2.05) is 6.92 Å². The quantitative estimate of drug-likeness (QED) is 0.722. The summed E-state index contributed by atoms with van der Waals surface area (Å²) < 4.78 is 0. The summed E-state index contributed by atoms with van der Waals surface area (Å²) in [4.78, 5) is 2.49. The number of nitrogens with zero attached hydrogens (tertiary/aromatic N) is 1. The Kier molecular flexibility index (Phi) is 5.58. The number of rotatable bonds is 5. The molecule has 2 unspecified atom stereocenters. The van der Waals surface area contributed by atoms with Crippen LogP contribution >= 0.6 is 0 Å². The van der Waals surface area contributed by atoms with E-state index in [2.05, 4.69) is 24.1 Å². The van der Waals surface area contributed by atoms with Crippen LogP contribution in [-0.4, -0.2) is 47.8 Å². The molecule has 0 aromatic rings. The summed E-state index contributed by atoms with van der Waals surface area (Å²) in [6.07, 6.45) is 3.38. The molecule has 15 heavy (non-hydrogen) atoms. The van der Waals surface area contributed by atoms with Crippen molar-refractivity contribution >= 4 is 0 Å². The molecule has 0 aliphatic carbocycles. The maximum absolute atomic E-state index is 9.69. The van der Waals surface area contributed by atoms with Crippen molar-refractivity contribution in [3.8, 4) is 0 Å². The highest BCUT2D eigenvalue weighted by atomic mass is 16.3. The Morgan fingerprint density at radius 1 is 1.33 bits per heavy atom. The molecule has 0 saturated carbocycles. The first kappa shape index (κ1) is 12.9. The van der Waals surface area contributed by atoms with Gasteiger partial charge >= 0.3 is 0 Å². The van der Waals surface area contributed by atoms with Crippen LogP contribution in [-0.2, 0) is 0 Å². The summed E-state index contributed by atoms with van der Waals surface area (Å²) in [5.74, 6) is 0. The molecule has 0 aromatic heterocycles. The van der Waals surface area contributed by atoms with Gasteiger partial charge in [-0.1, -0.05) is 6.92 Å². The second-order valence-electron chi connectivity index (χ2n) is 4.70. The number of aliphatic hydroxyl groups excluding tert-OH is 1.